The molecule has 2 atom stereocenters. The Bertz CT molecular complexity index is 1260. The van der Waals surface area contributed by atoms with E-state index >= 15 is 0 Å². The van der Waals surface area contributed by atoms with Crippen LogP contribution in [0.25, 0.3) is 16.6 Å². The highest BCUT2D eigenvalue weighted by molar-refractivity contribution is 5.84. The van der Waals surface area contributed by atoms with E-state index < -0.39 is 0 Å². The molecule has 0 saturated carbocycles. The maximum atomic E-state index is 4.80. The summed E-state index contributed by atoms with van der Waals surface area (Å²) in [7, 11) is 0. The quantitative estimate of drug-likeness (QED) is 0.461. The van der Waals surface area contributed by atoms with Gasteiger partial charge in [-0.05, 0) is 67.6 Å². The fourth-order valence-corrected chi connectivity index (χ4v) is 5.05. The minimum atomic E-state index is 0.355. The molecule has 6 heteroatoms. The van der Waals surface area contributed by atoms with E-state index in [0.717, 1.165) is 60.7 Å². The molecule has 6 rings (SSSR count). The van der Waals surface area contributed by atoms with Crippen molar-refractivity contribution in [2.24, 2.45) is 0 Å². The van der Waals surface area contributed by atoms with Crippen molar-refractivity contribution in [2.75, 3.05) is 13.1 Å². The third-order valence-electron chi connectivity index (χ3n) is 6.83. The van der Waals surface area contributed by atoms with E-state index in [1.165, 1.54) is 29.6 Å². The zero-order valence-electron chi connectivity index (χ0n) is 18.8. The van der Waals surface area contributed by atoms with Gasteiger partial charge < -0.3 is 20.6 Å². The highest BCUT2D eigenvalue weighted by atomic mass is 15.0. The number of benzene rings is 1. The first-order valence-electron chi connectivity index (χ1n) is 12.1. The summed E-state index contributed by atoms with van der Waals surface area (Å²) in [5.74, 6) is 2.12. The normalized spacial score (nSPS) is 23.0. The van der Waals surface area contributed by atoms with Gasteiger partial charge in [0.1, 0.15) is 11.6 Å². The lowest BCUT2D eigenvalue weighted by molar-refractivity contribution is 0.611. The van der Waals surface area contributed by atoms with E-state index in [9.17, 15) is 0 Å². The summed E-state index contributed by atoms with van der Waals surface area (Å²) in [6.07, 6.45) is 20.6. The fraction of sp³-hybridized carbons (Fsp3) is 0.333. The van der Waals surface area contributed by atoms with Gasteiger partial charge in [0.05, 0.1) is 23.1 Å². The Morgan fingerprint density at radius 2 is 1.70 bits per heavy atom. The van der Waals surface area contributed by atoms with Crippen molar-refractivity contribution in [1.82, 2.24) is 30.6 Å². The lowest BCUT2D eigenvalue weighted by atomic mass is 10.0. The molecule has 0 bridgehead atoms. The van der Waals surface area contributed by atoms with Crippen LogP contribution in [0.1, 0.15) is 60.7 Å². The first-order chi connectivity index (χ1) is 16.3. The van der Waals surface area contributed by atoms with Crippen LogP contribution in [0.3, 0.4) is 0 Å². The van der Waals surface area contributed by atoms with E-state index in [0.29, 0.717) is 12.1 Å². The number of allylic oxidation sites excluding steroid dienone is 8. The maximum Gasteiger partial charge on any atom is 0.124 e. The first kappa shape index (κ1) is 20.4. The zero-order chi connectivity index (χ0) is 22.0. The Hall–Kier alpha value is -3.22. The van der Waals surface area contributed by atoms with Gasteiger partial charge in [0.25, 0.3) is 0 Å². The average Bonchev–Trinajstić information content (AvgIpc) is 3.61. The van der Waals surface area contributed by atoms with Crippen LogP contribution >= 0.6 is 0 Å². The molecule has 33 heavy (non-hydrogen) atoms. The molecule has 2 fully saturated rings. The lowest BCUT2D eigenvalue weighted by Crippen LogP contribution is -2.14. The maximum absolute atomic E-state index is 4.80. The number of aromatic nitrogens is 4. The van der Waals surface area contributed by atoms with Crippen molar-refractivity contribution in [2.45, 2.75) is 44.2 Å². The number of aromatic amines is 2. The van der Waals surface area contributed by atoms with Crippen molar-refractivity contribution in [3.63, 3.8) is 0 Å². The predicted molar refractivity (Wildman–Crippen MR) is 133 cm³/mol. The van der Waals surface area contributed by atoms with Gasteiger partial charge in [-0.1, -0.05) is 42.5 Å². The molecule has 1 aromatic carbocycles. The molecule has 3 aromatic rings. The molecule has 3 aliphatic rings. The molecule has 2 aliphatic heterocycles. The molecule has 6 nitrogen and oxygen atoms in total. The first-order valence-corrected chi connectivity index (χ1v) is 12.1. The number of hydrogen-bond acceptors (Lipinski definition) is 4. The minimum absolute atomic E-state index is 0.355. The van der Waals surface area contributed by atoms with Crippen molar-refractivity contribution < 1.29 is 0 Å². The molecule has 2 unspecified atom stereocenters. The second-order valence-electron chi connectivity index (χ2n) is 9.20. The molecule has 4 N–H and O–H groups in total. The standard InChI is InChI=1S/C27H30N6/c1-5-18(15-21-17-30-26(31-21)23-9-3-13-28-23)6-2-8-19(7-1)20-11-12-22-25(16-20)33-27(32-22)24-10-4-14-29-24/h1-2,5-8,11-12,16-17,23-24,28-29H,3-4,9-10,13-15H2,(H,30,31)(H,32,33). The van der Waals surface area contributed by atoms with Crippen molar-refractivity contribution in [3.05, 3.63) is 89.3 Å². The third kappa shape index (κ3) is 4.36. The number of nitrogens with one attached hydrogen (secondary N) is 4. The Balaban J connectivity index is 1.16. The van der Waals surface area contributed by atoms with Crippen LogP contribution in [0, 0.1) is 0 Å². The van der Waals surface area contributed by atoms with Gasteiger partial charge in [0.2, 0.25) is 0 Å². The Morgan fingerprint density at radius 1 is 0.879 bits per heavy atom. The molecule has 2 saturated heterocycles. The van der Waals surface area contributed by atoms with Crippen LogP contribution in [0.5, 0.6) is 0 Å². The van der Waals surface area contributed by atoms with Gasteiger partial charge in [0, 0.05) is 18.3 Å². The van der Waals surface area contributed by atoms with Gasteiger partial charge in [0.15, 0.2) is 0 Å². The highest BCUT2D eigenvalue weighted by Crippen LogP contribution is 2.27. The number of nitrogens with zero attached hydrogens (tertiary/aromatic N) is 2. The van der Waals surface area contributed by atoms with E-state index in [-0.39, 0.29) is 0 Å². The molecule has 168 valence electrons. The van der Waals surface area contributed by atoms with E-state index in [1.54, 1.807) is 0 Å². The summed E-state index contributed by atoms with van der Waals surface area (Å²) in [4.78, 5) is 16.4. The van der Waals surface area contributed by atoms with Gasteiger partial charge in [-0.3, -0.25) is 0 Å². The van der Waals surface area contributed by atoms with E-state index in [1.807, 2.05) is 6.20 Å². The molecular weight excluding hydrogens is 408 g/mol. The van der Waals surface area contributed by atoms with E-state index in [2.05, 4.69) is 80.2 Å². The van der Waals surface area contributed by atoms with Crippen LogP contribution in [0.4, 0.5) is 0 Å². The molecule has 1 aliphatic carbocycles. The number of H-pyrrole nitrogens is 2. The monoisotopic (exact) mass is 438 g/mol. The predicted octanol–water partition coefficient (Wildman–Crippen LogP) is 4.81. The largest absolute Gasteiger partial charge is 0.344 e. The van der Waals surface area contributed by atoms with Crippen LogP contribution < -0.4 is 10.6 Å². The van der Waals surface area contributed by atoms with Gasteiger partial charge in [-0.15, -0.1) is 0 Å². The summed E-state index contributed by atoms with van der Waals surface area (Å²) in [5, 5.41) is 7.03. The van der Waals surface area contributed by atoms with Crippen LogP contribution in [-0.2, 0) is 6.42 Å². The SMILES string of the molecule is C1=CC(Cc2cnc(C3CCCN3)[nH]2)=CC=CC(c2ccc3nc(C4CCCN4)[nH]c3c2)=C1. The molecule has 0 spiro atoms. The summed E-state index contributed by atoms with van der Waals surface area (Å²) in [6.45, 7) is 2.16. The summed E-state index contributed by atoms with van der Waals surface area (Å²) in [6, 6.07) is 7.22. The highest BCUT2D eigenvalue weighted by Gasteiger charge is 2.20. The zero-order valence-corrected chi connectivity index (χ0v) is 18.8. The fourth-order valence-electron chi connectivity index (χ4n) is 5.05. The van der Waals surface area contributed by atoms with Crippen molar-refractivity contribution >= 4 is 16.6 Å². The smallest absolute Gasteiger partial charge is 0.124 e. The Kier molecular flexibility index (Phi) is 5.54. The third-order valence-corrected chi connectivity index (χ3v) is 6.83. The second kappa shape index (κ2) is 8.96. The van der Waals surface area contributed by atoms with Crippen LogP contribution in [0.2, 0.25) is 0 Å². The Morgan fingerprint density at radius 3 is 2.52 bits per heavy atom. The van der Waals surface area contributed by atoms with Crippen LogP contribution in [0.15, 0.2) is 66.4 Å². The molecule has 0 amide bonds. The second-order valence-corrected chi connectivity index (χ2v) is 9.20. The van der Waals surface area contributed by atoms with Gasteiger partial charge >= 0.3 is 0 Å². The number of fused-ring (bicyclic) bond motifs is 1. The lowest BCUT2D eigenvalue weighted by Gasteiger charge is -2.06. The van der Waals surface area contributed by atoms with Crippen LogP contribution in [-0.4, -0.2) is 33.0 Å². The van der Waals surface area contributed by atoms with Gasteiger partial charge in [-0.25, -0.2) is 9.97 Å². The number of rotatable bonds is 5. The van der Waals surface area contributed by atoms with E-state index in [4.69, 9.17) is 4.98 Å². The minimum Gasteiger partial charge on any atom is -0.344 e. The molecule has 0 radical (unpaired) electrons. The molecule has 2 aromatic heterocycles. The summed E-state index contributed by atoms with van der Waals surface area (Å²) in [5.41, 5.74) is 6.92. The molecular formula is C27H30N6. The number of hydrogen-bond donors (Lipinski definition) is 4. The summed E-state index contributed by atoms with van der Waals surface area (Å²) < 4.78 is 0. The molecule has 4 heterocycles. The van der Waals surface area contributed by atoms with Gasteiger partial charge in [-0.2, -0.15) is 0 Å². The Labute approximate surface area is 194 Å². The average molecular weight is 439 g/mol. The van der Waals surface area contributed by atoms with Crippen molar-refractivity contribution in [3.8, 4) is 0 Å². The summed E-state index contributed by atoms with van der Waals surface area (Å²) >= 11 is 0. The van der Waals surface area contributed by atoms with Crippen molar-refractivity contribution in [1.29, 1.82) is 0 Å². The topological polar surface area (TPSA) is 81.4 Å². The number of imidazole rings is 2.